The summed E-state index contributed by atoms with van der Waals surface area (Å²) in [4.78, 5) is 0. The average Bonchev–Trinajstić information content (AvgIpc) is 2.62. The molecule has 120 valence electrons. The van der Waals surface area contributed by atoms with E-state index < -0.39 is 8.80 Å². The quantitative estimate of drug-likeness (QED) is 0.252. The third-order valence-corrected chi connectivity index (χ3v) is 6.87. The maximum absolute atomic E-state index is 2.38. The van der Waals surface area contributed by atoms with Gasteiger partial charge in [0.2, 0.25) is 0 Å². The molecule has 0 amide bonds. The summed E-state index contributed by atoms with van der Waals surface area (Å²) >= 11 is 2.36. The highest BCUT2D eigenvalue weighted by molar-refractivity contribution is 14.1. The predicted octanol–water partition coefficient (Wildman–Crippen LogP) is 5.98. The molecular weight excluding hydrogens is 419 g/mol. The zero-order valence-corrected chi connectivity index (χ0v) is 17.4. The number of hydrogen-bond donors (Lipinski definition) is 0. The van der Waals surface area contributed by atoms with Crippen LogP contribution < -0.4 is 5.19 Å². The van der Waals surface area contributed by atoms with Crippen molar-refractivity contribution in [3.63, 3.8) is 0 Å². The molecule has 0 saturated heterocycles. The van der Waals surface area contributed by atoms with Crippen LogP contribution in [0.3, 0.4) is 0 Å². The first-order chi connectivity index (χ1) is 11.7. The lowest BCUT2D eigenvalue weighted by molar-refractivity contribution is 1.71. The van der Waals surface area contributed by atoms with Gasteiger partial charge in [-0.3, -0.25) is 0 Å². The Kier molecular flexibility index (Phi) is 5.69. The summed E-state index contributed by atoms with van der Waals surface area (Å²) in [5, 5.41) is 7.07. The van der Waals surface area contributed by atoms with Crippen molar-refractivity contribution in [2.45, 2.75) is 13.1 Å². The second-order valence-electron chi connectivity index (χ2n) is 6.18. The molecule has 4 aromatic rings. The molecule has 0 fully saturated rings. The number of benzene rings is 4. The van der Waals surface area contributed by atoms with Gasteiger partial charge in [-0.05, 0) is 50.2 Å². The summed E-state index contributed by atoms with van der Waals surface area (Å²) in [5.41, 5.74) is 0. The summed E-state index contributed by atoms with van der Waals surface area (Å²) in [7, 11) is -0.679. The summed E-state index contributed by atoms with van der Waals surface area (Å²) < 4.78 is 1.32. The van der Waals surface area contributed by atoms with Gasteiger partial charge < -0.3 is 0 Å². The molecule has 0 aromatic heterocycles. The maximum atomic E-state index is 2.38. The summed E-state index contributed by atoms with van der Waals surface area (Å²) in [6.45, 7) is 4.75. The third kappa shape index (κ3) is 3.87. The molecule has 0 spiro atoms. The molecule has 0 nitrogen and oxygen atoms in total. The van der Waals surface area contributed by atoms with Gasteiger partial charge in [-0.1, -0.05) is 97.1 Å². The van der Waals surface area contributed by atoms with Crippen LogP contribution in [0.4, 0.5) is 0 Å². The van der Waals surface area contributed by atoms with E-state index in [-0.39, 0.29) is 0 Å². The highest BCUT2D eigenvalue weighted by Crippen LogP contribution is 2.19. The molecule has 0 atom stereocenters. The van der Waals surface area contributed by atoms with E-state index in [1.165, 1.54) is 25.1 Å². The Morgan fingerprint density at radius 2 is 1.08 bits per heavy atom. The van der Waals surface area contributed by atoms with Crippen LogP contribution in [0.1, 0.15) is 0 Å². The first-order valence-corrected chi connectivity index (χ1v) is 12.2. The average molecular weight is 440 g/mol. The van der Waals surface area contributed by atoms with Crippen molar-refractivity contribution in [2.24, 2.45) is 0 Å². The van der Waals surface area contributed by atoms with Crippen molar-refractivity contribution in [2.75, 3.05) is 0 Å². The van der Waals surface area contributed by atoms with Gasteiger partial charge in [0, 0.05) is 3.57 Å². The van der Waals surface area contributed by atoms with Crippen molar-refractivity contribution < 1.29 is 0 Å². The Bertz CT molecular complexity index is 949. The molecule has 0 aliphatic rings. The smallest absolute Gasteiger partial charge is 0.0655 e. The van der Waals surface area contributed by atoms with Crippen LogP contribution in [0.25, 0.3) is 21.5 Å². The first kappa shape index (κ1) is 17.2. The van der Waals surface area contributed by atoms with Crippen LogP contribution in [0, 0.1) is 3.57 Å². The minimum absolute atomic E-state index is 0.679. The molecular formula is C22H21ISi. The molecule has 0 heterocycles. The minimum Gasteiger partial charge on any atom is -0.0682 e. The van der Waals surface area contributed by atoms with Crippen molar-refractivity contribution in [3.8, 4) is 0 Å². The van der Waals surface area contributed by atoms with E-state index in [0.717, 1.165) is 0 Å². The fourth-order valence-electron chi connectivity index (χ4n) is 2.94. The van der Waals surface area contributed by atoms with E-state index >= 15 is 0 Å². The van der Waals surface area contributed by atoms with Crippen LogP contribution in [0.15, 0.2) is 84.9 Å². The summed E-state index contributed by atoms with van der Waals surface area (Å²) in [5.74, 6) is 0. The maximum Gasteiger partial charge on any atom is 0.0655 e. The molecule has 2 heteroatoms. The molecule has 0 unspecified atom stereocenters. The second-order valence-corrected chi connectivity index (χ2v) is 10.3. The molecule has 24 heavy (non-hydrogen) atoms. The standard InChI is InChI=1S/C12H14Si.C10H7I/c1-13(2)12-9-5-7-10-6-3-4-8-11(10)12;11-10-7-3-5-8-4-1-2-6-9(8)10/h3-9,13H,1-2H3;1-7H. The first-order valence-electron chi connectivity index (χ1n) is 8.28. The van der Waals surface area contributed by atoms with Crippen LogP contribution in [-0.2, 0) is 0 Å². The molecule has 4 rings (SSSR count). The van der Waals surface area contributed by atoms with Crippen LogP contribution in [0.5, 0.6) is 0 Å². The lowest BCUT2D eigenvalue weighted by Crippen LogP contribution is -2.22. The third-order valence-electron chi connectivity index (χ3n) is 4.18. The zero-order valence-electron chi connectivity index (χ0n) is 14.0. The Morgan fingerprint density at radius 3 is 1.71 bits per heavy atom. The van der Waals surface area contributed by atoms with Gasteiger partial charge >= 0.3 is 0 Å². The Labute approximate surface area is 159 Å². The van der Waals surface area contributed by atoms with Gasteiger partial charge in [-0.2, -0.15) is 0 Å². The van der Waals surface area contributed by atoms with Gasteiger partial charge in [-0.15, -0.1) is 0 Å². The fourth-order valence-corrected chi connectivity index (χ4v) is 5.02. The van der Waals surface area contributed by atoms with Gasteiger partial charge in [0.25, 0.3) is 0 Å². The van der Waals surface area contributed by atoms with E-state index in [2.05, 4.69) is 121 Å². The number of rotatable bonds is 1. The van der Waals surface area contributed by atoms with Crippen molar-refractivity contribution in [1.29, 1.82) is 0 Å². The molecule has 0 N–H and O–H groups in total. The molecule has 0 aliphatic heterocycles. The van der Waals surface area contributed by atoms with E-state index in [9.17, 15) is 0 Å². The fraction of sp³-hybridized carbons (Fsp3) is 0.0909. The SMILES string of the molecule is C[SiH](C)c1cccc2ccccc12.Ic1cccc2ccccc12. The number of fused-ring (bicyclic) bond motifs is 2. The monoisotopic (exact) mass is 440 g/mol. The minimum atomic E-state index is -0.679. The zero-order chi connectivity index (χ0) is 16.9. The van der Waals surface area contributed by atoms with Crippen molar-refractivity contribution in [1.82, 2.24) is 0 Å². The van der Waals surface area contributed by atoms with Gasteiger partial charge in [0.1, 0.15) is 0 Å². The molecule has 0 radical (unpaired) electrons. The van der Waals surface area contributed by atoms with E-state index in [4.69, 9.17) is 0 Å². The van der Waals surface area contributed by atoms with Crippen molar-refractivity contribution in [3.05, 3.63) is 88.5 Å². The second kappa shape index (κ2) is 7.95. The predicted molar refractivity (Wildman–Crippen MR) is 119 cm³/mol. The van der Waals surface area contributed by atoms with E-state index in [0.29, 0.717) is 0 Å². The van der Waals surface area contributed by atoms with Crippen LogP contribution in [0.2, 0.25) is 13.1 Å². The molecule has 0 bridgehead atoms. The molecule has 0 aliphatic carbocycles. The highest BCUT2D eigenvalue weighted by atomic mass is 127. The molecule has 4 aromatic carbocycles. The van der Waals surface area contributed by atoms with Crippen LogP contribution >= 0.6 is 22.6 Å². The normalized spacial score (nSPS) is 10.7. The Morgan fingerprint density at radius 1 is 0.583 bits per heavy atom. The highest BCUT2D eigenvalue weighted by Gasteiger charge is 2.03. The largest absolute Gasteiger partial charge is 0.0682 e. The number of halogens is 1. The number of hydrogen-bond acceptors (Lipinski definition) is 0. The van der Waals surface area contributed by atoms with Crippen molar-refractivity contribution >= 4 is 58.1 Å². The Balaban J connectivity index is 0.000000143. The van der Waals surface area contributed by atoms with Gasteiger partial charge in [0.15, 0.2) is 0 Å². The lowest BCUT2D eigenvalue weighted by Gasteiger charge is -2.07. The van der Waals surface area contributed by atoms with E-state index in [1.54, 1.807) is 5.19 Å². The topological polar surface area (TPSA) is 0 Å². The van der Waals surface area contributed by atoms with Crippen LogP contribution in [-0.4, -0.2) is 8.80 Å². The lowest BCUT2D eigenvalue weighted by atomic mass is 10.1. The molecule has 0 saturated carbocycles. The van der Waals surface area contributed by atoms with E-state index in [1.807, 2.05) is 0 Å². The summed E-state index contributed by atoms with van der Waals surface area (Å²) in [6, 6.07) is 30.1. The van der Waals surface area contributed by atoms with Gasteiger partial charge in [0.05, 0.1) is 8.80 Å². The Hall–Kier alpha value is -1.65. The van der Waals surface area contributed by atoms with Gasteiger partial charge in [-0.25, -0.2) is 0 Å². The summed E-state index contributed by atoms with van der Waals surface area (Å²) in [6.07, 6.45) is 0.